The van der Waals surface area contributed by atoms with Crippen LogP contribution in [-0.4, -0.2) is 73.1 Å². The average Bonchev–Trinajstić information content (AvgIpc) is 2.75. The zero-order valence-electron chi connectivity index (χ0n) is 16.1. The van der Waals surface area contributed by atoms with Crippen molar-refractivity contribution in [3.8, 4) is 0 Å². The van der Waals surface area contributed by atoms with Crippen LogP contribution in [0.2, 0.25) is 0 Å². The van der Waals surface area contributed by atoms with Crippen LogP contribution in [-0.2, 0) is 4.79 Å². The summed E-state index contributed by atoms with van der Waals surface area (Å²) in [5, 5.41) is 0. The molecule has 0 unspecified atom stereocenters. The van der Waals surface area contributed by atoms with Crippen molar-refractivity contribution >= 4 is 23.4 Å². The number of carbonyl (C=O) groups excluding carboxylic acids is 1. The second-order valence-corrected chi connectivity index (χ2v) is 7.16. The molecule has 3 heterocycles. The van der Waals surface area contributed by atoms with Crippen molar-refractivity contribution in [2.75, 3.05) is 67.1 Å². The molecule has 1 amide bonds. The summed E-state index contributed by atoms with van der Waals surface area (Å²) >= 11 is 0. The summed E-state index contributed by atoms with van der Waals surface area (Å²) in [6, 6.07) is 8.58. The van der Waals surface area contributed by atoms with E-state index in [9.17, 15) is 9.18 Å². The van der Waals surface area contributed by atoms with Crippen LogP contribution in [0.1, 0.15) is 6.92 Å². The Morgan fingerprint density at radius 2 is 1.46 bits per heavy atom. The molecule has 2 saturated heterocycles. The largest absolute Gasteiger partial charge is 0.368 e. The number of piperazine rings is 2. The van der Waals surface area contributed by atoms with Gasteiger partial charge in [0, 0.05) is 71.2 Å². The third-order valence-electron chi connectivity index (χ3n) is 5.43. The lowest BCUT2D eigenvalue weighted by molar-refractivity contribution is -0.129. The Morgan fingerprint density at radius 3 is 2.11 bits per heavy atom. The maximum atomic E-state index is 13.1. The Labute approximate surface area is 164 Å². The van der Waals surface area contributed by atoms with Crippen molar-refractivity contribution in [1.29, 1.82) is 0 Å². The minimum atomic E-state index is -0.211. The number of hydrogen-bond donors (Lipinski definition) is 0. The van der Waals surface area contributed by atoms with Crippen LogP contribution in [0, 0.1) is 5.82 Å². The maximum Gasteiger partial charge on any atom is 0.227 e. The van der Waals surface area contributed by atoms with Gasteiger partial charge >= 0.3 is 0 Å². The molecule has 2 fully saturated rings. The second-order valence-electron chi connectivity index (χ2n) is 7.16. The molecule has 0 radical (unpaired) electrons. The van der Waals surface area contributed by atoms with Gasteiger partial charge in [0.25, 0.3) is 0 Å². The summed E-state index contributed by atoms with van der Waals surface area (Å²) in [5.74, 6) is 1.57. The molecule has 4 rings (SSSR count). The predicted molar refractivity (Wildman–Crippen MR) is 107 cm³/mol. The molecule has 1 aromatic carbocycles. The maximum absolute atomic E-state index is 13.1. The van der Waals surface area contributed by atoms with Gasteiger partial charge < -0.3 is 19.6 Å². The van der Waals surface area contributed by atoms with Crippen LogP contribution in [0.25, 0.3) is 0 Å². The molecule has 0 aliphatic carbocycles. The van der Waals surface area contributed by atoms with Crippen LogP contribution in [0.4, 0.5) is 21.8 Å². The second kappa shape index (κ2) is 8.00. The molecule has 0 saturated carbocycles. The minimum Gasteiger partial charge on any atom is -0.368 e. The Morgan fingerprint density at radius 1 is 0.857 bits per heavy atom. The lowest BCUT2D eigenvalue weighted by atomic mass is 10.2. The number of rotatable bonds is 3. The number of halogens is 1. The highest BCUT2D eigenvalue weighted by atomic mass is 19.1. The van der Waals surface area contributed by atoms with Crippen molar-refractivity contribution in [3.05, 3.63) is 42.3 Å². The normalized spacial score (nSPS) is 17.8. The van der Waals surface area contributed by atoms with Crippen LogP contribution >= 0.6 is 0 Å². The van der Waals surface area contributed by atoms with E-state index in [1.807, 2.05) is 23.1 Å². The summed E-state index contributed by atoms with van der Waals surface area (Å²) < 4.78 is 13.1. The van der Waals surface area contributed by atoms with E-state index in [-0.39, 0.29) is 11.7 Å². The smallest absolute Gasteiger partial charge is 0.227 e. The van der Waals surface area contributed by atoms with Gasteiger partial charge in [-0.1, -0.05) is 0 Å². The van der Waals surface area contributed by atoms with E-state index in [4.69, 9.17) is 4.98 Å². The van der Waals surface area contributed by atoms with Gasteiger partial charge in [-0.3, -0.25) is 4.79 Å². The number of nitrogens with zero attached hydrogens (tertiary/aromatic N) is 6. The van der Waals surface area contributed by atoms with E-state index in [0.717, 1.165) is 69.8 Å². The van der Waals surface area contributed by atoms with Crippen LogP contribution in [0.15, 0.2) is 36.5 Å². The minimum absolute atomic E-state index is 0.127. The lowest BCUT2D eigenvalue weighted by Gasteiger charge is -2.37. The monoisotopic (exact) mass is 384 g/mol. The standard InChI is InChI=1S/C20H25FN6O/c1-16(28)24-8-12-26(13-9-24)19-6-7-22-20(23-19)27-14-10-25(11-15-27)18-4-2-17(21)3-5-18/h2-7H,8-15H2,1H3. The van der Waals surface area contributed by atoms with Gasteiger partial charge in [-0.2, -0.15) is 4.98 Å². The number of hydrogen-bond acceptors (Lipinski definition) is 6. The van der Waals surface area contributed by atoms with E-state index in [2.05, 4.69) is 19.7 Å². The van der Waals surface area contributed by atoms with Crippen LogP contribution < -0.4 is 14.7 Å². The van der Waals surface area contributed by atoms with Crippen molar-refractivity contribution in [2.24, 2.45) is 0 Å². The fraction of sp³-hybridized carbons (Fsp3) is 0.450. The molecular weight excluding hydrogens is 359 g/mol. The Hall–Kier alpha value is -2.90. The van der Waals surface area contributed by atoms with Gasteiger partial charge in [-0.15, -0.1) is 0 Å². The molecule has 2 aliphatic rings. The molecule has 2 aliphatic heterocycles. The molecule has 0 bridgehead atoms. The van der Waals surface area contributed by atoms with Crippen LogP contribution in [0.3, 0.4) is 0 Å². The predicted octanol–water partition coefficient (Wildman–Crippen LogP) is 1.61. The first kappa shape index (κ1) is 18.5. The Bertz CT molecular complexity index is 814. The summed E-state index contributed by atoms with van der Waals surface area (Å²) in [4.78, 5) is 29.3. The average molecular weight is 384 g/mol. The number of benzene rings is 1. The summed E-state index contributed by atoms with van der Waals surface area (Å²) in [7, 11) is 0. The van der Waals surface area contributed by atoms with Crippen molar-refractivity contribution < 1.29 is 9.18 Å². The summed E-state index contributed by atoms with van der Waals surface area (Å²) in [6.07, 6.45) is 1.81. The third kappa shape index (κ3) is 4.00. The summed E-state index contributed by atoms with van der Waals surface area (Å²) in [5.41, 5.74) is 1.04. The molecule has 148 valence electrons. The highest BCUT2D eigenvalue weighted by molar-refractivity contribution is 5.73. The lowest BCUT2D eigenvalue weighted by Crippen LogP contribution is -2.49. The van der Waals surface area contributed by atoms with Gasteiger partial charge in [-0.05, 0) is 30.3 Å². The molecule has 8 heteroatoms. The number of carbonyl (C=O) groups is 1. The van der Waals surface area contributed by atoms with Gasteiger partial charge in [0.15, 0.2) is 0 Å². The van der Waals surface area contributed by atoms with Gasteiger partial charge in [0.2, 0.25) is 11.9 Å². The molecule has 1 aromatic heterocycles. The summed E-state index contributed by atoms with van der Waals surface area (Å²) in [6.45, 7) is 7.97. The molecule has 0 atom stereocenters. The zero-order valence-corrected chi connectivity index (χ0v) is 16.1. The van der Waals surface area contributed by atoms with Crippen LogP contribution in [0.5, 0.6) is 0 Å². The first-order chi connectivity index (χ1) is 13.6. The molecule has 28 heavy (non-hydrogen) atoms. The van der Waals surface area contributed by atoms with Crippen molar-refractivity contribution in [2.45, 2.75) is 6.92 Å². The quantitative estimate of drug-likeness (QED) is 0.802. The van der Waals surface area contributed by atoms with E-state index in [0.29, 0.717) is 0 Å². The van der Waals surface area contributed by atoms with E-state index in [1.54, 1.807) is 13.1 Å². The third-order valence-corrected chi connectivity index (χ3v) is 5.43. The van der Waals surface area contributed by atoms with Gasteiger partial charge in [0.1, 0.15) is 11.6 Å². The van der Waals surface area contributed by atoms with Crippen molar-refractivity contribution in [1.82, 2.24) is 14.9 Å². The first-order valence-electron chi connectivity index (χ1n) is 9.69. The Balaban J connectivity index is 1.37. The van der Waals surface area contributed by atoms with Crippen molar-refractivity contribution in [3.63, 3.8) is 0 Å². The van der Waals surface area contributed by atoms with Gasteiger partial charge in [0.05, 0.1) is 0 Å². The zero-order chi connectivity index (χ0) is 19.5. The van der Waals surface area contributed by atoms with E-state index < -0.39 is 0 Å². The highest BCUT2D eigenvalue weighted by Gasteiger charge is 2.22. The molecular formula is C20H25FN6O. The number of anilines is 3. The number of amides is 1. The van der Waals surface area contributed by atoms with E-state index in [1.165, 1.54) is 12.1 Å². The Kier molecular flexibility index (Phi) is 5.27. The molecule has 0 N–H and O–H groups in total. The number of aromatic nitrogens is 2. The molecule has 0 spiro atoms. The topological polar surface area (TPSA) is 55.8 Å². The SMILES string of the molecule is CC(=O)N1CCN(c2ccnc(N3CCN(c4ccc(F)cc4)CC3)n2)CC1. The molecule has 2 aromatic rings. The van der Waals surface area contributed by atoms with Gasteiger partial charge in [-0.25, -0.2) is 9.37 Å². The fourth-order valence-corrected chi connectivity index (χ4v) is 3.73. The first-order valence-corrected chi connectivity index (χ1v) is 9.69. The fourth-order valence-electron chi connectivity index (χ4n) is 3.73. The molecule has 7 nitrogen and oxygen atoms in total. The highest BCUT2D eigenvalue weighted by Crippen LogP contribution is 2.21. The van der Waals surface area contributed by atoms with E-state index >= 15 is 0 Å².